The predicted molar refractivity (Wildman–Crippen MR) is 86.4 cm³/mol. The van der Waals surface area contributed by atoms with E-state index >= 15 is 0 Å². The molecule has 2 N–H and O–H groups in total. The number of nitrogens with one attached hydrogen (secondary N) is 2. The Labute approximate surface area is 134 Å². The molecule has 118 valence electrons. The van der Waals surface area contributed by atoms with Crippen LogP contribution in [0, 0.1) is 0 Å². The van der Waals surface area contributed by atoms with Crippen molar-refractivity contribution < 1.29 is 14.3 Å². The first-order valence-electron chi connectivity index (χ1n) is 6.87. The summed E-state index contributed by atoms with van der Waals surface area (Å²) < 4.78 is 11.4. The maximum absolute atomic E-state index is 11.7. The molecule has 0 aliphatic heterocycles. The number of hydrogen-bond donors (Lipinski definition) is 2. The van der Waals surface area contributed by atoms with Crippen molar-refractivity contribution in [2.45, 2.75) is 39.8 Å². The number of hydrogen-bond acceptors (Lipinski definition) is 3. The van der Waals surface area contributed by atoms with E-state index in [-0.39, 0.29) is 18.4 Å². The van der Waals surface area contributed by atoms with Gasteiger partial charge in [0.05, 0.1) is 4.47 Å². The van der Waals surface area contributed by atoms with Gasteiger partial charge in [-0.2, -0.15) is 0 Å². The van der Waals surface area contributed by atoms with Gasteiger partial charge < -0.3 is 20.1 Å². The van der Waals surface area contributed by atoms with Gasteiger partial charge >= 0.3 is 6.03 Å². The molecule has 1 rings (SSSR count). The summed E-state index contributed by atoms with van der Waals surface area (Å²) in [5.41, 5.74) is 0.733. The van der Waals surface area contributed by atoms with Gasteiger partial charge in [-0.25, -0.2) is 4.79 Å². The van der Waals surface area contributed by atoms with Crippen molar-refractivity contribution in [1.29, 1.82) is 0 Å². The lowest BCUT2D eigenvalue weighted by Gasteiger charge is -2.20. The SMILES string of the molecule is CCOCOc1ccc(CNC(=O)NC(C)(C)C)cc1Br. The summed E-state index contributed by atoms with van der Waals surface area (Å²) in [4.78, 5) is 11.7. The Kier molecular flexibility index (Phi) is 6.98. The summed E-state index contributed by atoms with van der Waals surface area (Å²) in [6, 6.07) is 5.49. The van der Waals surface area contributed by atoms with Crippen LogP contribution in [0.25, 0.3) is 0 Å². The van der Waals surface area contributed by atoms with Crippen LogP contribution in [0.4, 0.5) is 4.79 Å². The van der Waals surface area contributed by atoms with Gasteiger partial charge in [0.15, 0.2) is 6.79 Å². The summed E-state index contributed by atoms with van der Waals surface area (Å²) in [6.45, 7) is 9.01. The highest BCUT2D eigenvalue weighted by Gasteiger charge is 2.13. The molecule has 0 heterocycles. The van der Waals surface area contributed by atoms with Crippen molar-refractivity contribution in [3.8, 4) is 5.75 Å². The van der Waals surface area contributed by atoms with E-state index in [1.54, 1.807) is 0 Å². The number of halogens is 1. The monoisotopic (exact) mass is 358 g/mol. The minimum Gasteiger partial charge on any atom is -0.466 e. The zero-order valence-electron chi connectivity index (χ0n) is 13.0. The first-order valence-corrected chi connectivity index (χ1v) is 7.66. The third kappa shape index (κ3) is 7.34. The molecule has 0 spiro atoms. The summed E-state index contributed by atoms with van der Waals surface area (Å²) in [5, 5.41) is 5.66. The lowest BCUT2D eigenvalue weighted by Crippen LogP contribution is -2.46. The number of ether oxygens (including phenoxy) is 2. The highest BCUT2D eigenvalue weighted by molar-refractivity contribution is 9.10. The van der Waals surface area contributed by atoms with Crippen LogP contribution in [0.2, 0.25) is 0 Å². The Morgan fingerprint density at radius 1 is 1.33 bits per heavy atom. The van der Waals surface area contributed by atoms with E-state index in [1.165, 1.54) is 0 Å². The topological polar surface area (TPSA) is 59.6 Å². The lowest BCUT2D eigenvalue weighted by atomic mass is 10.1. The van der Waals surface area contributed by atoms with Gasteiger partial charge in [0.2, 0.25) is 0 Å². The van der Waals surface area contributed by atoms with E-state index in [4.69, 9.17) is 9.47 Å². The molecule has 6 heteroatoms. The van der Waals surface area contributed by atoms with E-state index in [1.807, 2.05) is 45.9 Å². The number of urea groups is 1. The van der Waals surface area contributed by atoms with Crippen LogP contribution in [0.15, 0.2) is 22.7 Å². The average molecular weight is 359 g/mol. The van der Waals surface area contributed by atoms with E-state index < -0.39 is 0 Å². The van der Waals surface area contributed by atoms with Crippen molar-refractivity contribution in [1.82, 2.24) is 10.6 Å². The van der Waals surface area contributed by atoms with Crippen molar-refractivity contribution in [2.75, 3.05) is 13.4 Å². The third-order valence-corrected chi connectivity index (χ3v) is 3.06. The summed E-state index contributed by atoms with van der Waals surface area (Å²) >= 11 is 3.45. The number of rotatable bonds is 6. The molecule has 0 atom stereocenters. The fraction of sp³-hybridized carbons (Fsp3) is 0.533. The van der Waals surface area contributed by atoms with Crippen LogP contribution in [-0.2, 0) is 11.3 Å². The number of amides is 2. The van der Waals surface area contributed by atoms with Crippen molar-refractivity contribution in [3.05, 3.63) is 28.2 Å². The molecule has 1 aromatic carbocycles. The second-order valence-corrected chi connectivity index (χ2v) is 6.43. The normalized spacial score (nSPS) is 11.1. The lowest BCUT2D eigenvalue weighted by molar-refractivity contribution is 0.0219. The molecular weight excluding hydrogens is 336 g/mol. The number of carbonyl (C=O) groups is 1. The zero-order valence-corrected chi connectivity index (χ0v) is 14.5. The molecule has 0 fully saturated rings. The molecule has 0 aromatic heterocycles. The van der Waals surface area contributed by atoms with Crippen molar-refractivity contribution in [2.24, 2.45) is 0 Å². The minimum atomic E-state index is -0.248. The Balaban J connectivity index is 2.50. The summed E-state index contributed by atoms with van der Waals surface area (Å²) in [7, 11) is 0. The maximum Gasteiger partial charge on any atom is 0.315 e. The Hall–Kier alpha value is -1.27. The van der Waals surface area contributed by atoms with Crippen LogP contribution < -0.4 is 15.4 Å². The predicted octanol–water partition coefficient (Wildman–Crippen LogP) is 3.42. The molecule has 0 saturated carbocycles. The van der Waals surface area contributed by atoms with E-state index in [0.29, 0.717) is 18.9 Å². The molecule has 2 amide bonds. The van der Waals surface area contributed by atoms with Crippen LogP contribution >= 0.6 is 15.9 Å². The smallest absolute Gasteiger partial charge is 0.315 e. The van der Waals surface area contributed by atoms with Gasteiger partial charge in [-0.3, -0.25) is 0 Å². The highest BCUT2D eigenvalue weighted by Crippen LogP contribution is 2.26. The van der Waals surface area contributed by atoms with Crippen molar-refractivity contribution >= 4 is 22.0 Å². The molecule has 0 saturated heterocycles. The van der Waals surface area contributed by atoms with Crippen LogP contribution in [0.5, 0.6) is 5.75 Å². The Bertz CT molecular complexity index is 472. The van der Waals surface area contributed by atoms with Crippen molar-refractivity contribution in [3.63, 3.8) is 0 Å². The molecule has 0 unspecified atom stereocenters. The zero-order chi connectivity index (χ0) is 15.9. The Morgan fingerprint density at radius 2 is 2.05 bits per heavy atom. The fourth-order valence-corrected chi connectivity index (χ4v) is 2.07. The molecule has 0 aliphatic carbocycles. The second-order valence-electron chi connectivity index (χ2n) is 5.58. The molecule has 1 aromatic rings. The fourth-order valence-electron chi connectivity index (χ4n) is 1.53. The molecule has 5 nitrogen and oxygen atoms in total. The Morgan fingerprint density at radius 3 is 2.62 bits per heavy atom. The number of benzene rings is 1. The van der Waals surface area contributed by atoms with Gasteiger partial charge in [-0.1, -0.05) is 6.07 Å². The van der Waals surface area contributed by atoms with Crippen LogP contribution in [0.1, 0.15) is 33.3 Å². The standard InChI is InChI=1S/C15H23BrN2O3/c1-5-20-10-21-13-7-6-11(8-12(13)16)9-17-14(19)18-15(2,3)4/h6-8H,5,9-10H2,1-4H3,(H2,17,18,19). The molecule has 21 heavy (non-hydrogen) atoms. The highest BCUT2D eigenvalue weighted by atomic mass is 79.9. The van der Waals surface area contributed by atoms with Gasteiger partial charge in [0.25, 0.3) is 0 Å². The minimum absolute atomic E-state index is 0.185. The first kappa shape index (κ1) is 17.8. The largest absolute Gasteiger partial charge is 0.466 e. The van der Waals surface area contributed by atoms with Gasteiger partial charge in [0.1, 0.15) is 5.75 Å². The summed E-state index contributed by atoms with van der Waals surface area (Å²) in [5.74, 6) is 0.714. The first-order chi connectivity index (χ1) is 9.81. The van der Waals surface area contributed by atoms with E-state index in [9.17, 15) is 4.79 Å². The summed E-state index contributed by atoms with van der Waals surface area (Å²) in [6.07, 6.45) is 0. The quantitative estimate of drug-likeness (QED) is 0.604. The maximum atomic E-state index is 11.7. The molecule has 0 aliphatic rings. The average Bonchev–Trinajstić information content (AvgIpc) is 2.37. The van der Waals surface area contributed by atoms with E-state index in [0.717, 1.165) is 10.0 Å². The third-order valence-electron chi connectivity index (χ3n) is 2.44. The second kappa shape index (κ2) is 8.24. The van der Waals surface area contributed by atoms with Gasteiger partial charge in [0, 0.05) is 18.7 Å². The molecule has 0 radical (unpaired) electrons. The molecule has 0 bridgehead atoms. The number of carbonyl (C=O) groups excluding carboxylic acids is 1. The van der Waals surface area contributed by atoms with Crippen LogP contribution in [0.3, 0.4) is 0 Å². The van der Waals surface area contributed by atoms with E-state index in [2.05, 4.69) is 26.6 Å². The molecular formula is C15H23BrN2O3. The van der Waals surface area contributed by atoms with Gasteiger partial charge in [-0.05, 0) is 61.3 Å². The van der Waals surface area contributed by atoms with Crippen LogP contribution in [-0.4, -0.2) is 25.0 Å². The van der Waals surface area contributed by atoms with Gasteiger partial charge in [-0.15, -0.1) is 0 Å².